The quantitative estimate of drug-likeness (QED) is 0.909. The molecule has 2 N–H and O–H groups in total. The second kappa shape index (κ2) is 5.63. The molecule has 0 atom stereocenters. The number of nitrogens with zero attached hydrogens (tertiary/aromatic N) is 5. The van der Waals surface area contributed by atoms with Crippen LogP contribution >= 0.6 is 0 Å². The molecule has 1 aliphatic heterocycles. The lowest BCUT2D eigenvalue weighted by Gasteiger charge is -2.30. The summed E-state index contributed by atoms with van der Waals surface area (Å²) in [5.74, 6) is 1.86. The highest BCUT2D eigenvalue weighted by molar-refractivity contribution is 5.59. The van der Waals surface area contributed by atoms with E-state index in [0.717, 1.165) is 41.9 Å². The maximum Gasteiger partial charge on any atom is 0.226 e. The van der Waals surface area contributed by atoms with Gasteiger partial charge in [0.1, 0.15) is 0 Å². The summed E-state index contributed by atoms with van der Waals surface area (Å²) in [5.41, 5.74) is 8.19. The highest BCUT2D eigenvalue weighted by Gasteiger charge is 2.19. The van der Waals surface area contributed by atoms with Crippen LogP contribution in [0.2, 0.25) is 0 Å². The van der Waals surface area contributed by atoms with E-state index >= 15 is 0 Å². The van der Waals surface area contributed by atoms with Gasteiger partial charge in [0.2, 0.25) is 11.9 Å². The van der Waals surface area contributed by atoms with Crippen molar-refractivity contribution in [3.8, 4) is 11.3 Å². The molecule has 2 aromatic rings. The molecule has 0 amide bonds. The molecule has 0 saturated carbocycles. The van der Waals surface area contributed by atoms with Crippen molar-refractivity contribution in [1.29, 1.82) is 0 Å². The average Bonchev–Trinajstić information content (AvgIpc) is 2.48. The Hall–Kier alpha value is -2.24. The van der Waals surface area contributed by atoms with Gasteiger partial charge in [-0.3, -0.25) is 0 Å². The topological polar surface area (TPSA) is 80.8 Å². The number of rotatable bonds is 2. The standard InChI is InChI=1S/C15H20N6/c1-10-3-5-21(6-4-10)15-19-11(2)7-13(20-15)12-8-17-14(16)18-9-12/h7-10H,3-6H2,1-2H3,(H2,16,17,18). The van der Waals surface area contributed by atoms with Gasteiger partial charge in [0.15, 0.2) is 0 Å². The SMILES string of the molecule is Cc1cc(-c2cnc(N)nc2)nc(N2CCC(C)CC2)n1. The monoisotopic (exact) mass is 284 g/mol. The van der Waals surface area contributed by atoms with Crippen LogP contribution in [0.15, 0.2) is 18.5 Å². The van der Waals surface area contributed by atoms with Crippen LogP contribution in [0.1, 0.15) is 25.5 Å². The molecule has 6 heteroatoms. The first kappa shape index (κ1) is 13.7. The Morgan fingerprint density at radius 3 is 2.48 bits per heavy atom. The first-order valence-electron chi connectivity index (χ1n) is 7.30. The Morgan fingerprint density at radius 1 is 1.14 bits per heavy atom. The predicted molar refractivity (Wildman–Crippen MR) is 82.8 cm³/mol. The molecule has 0 unspecified atom stereocenters. The Balaban J connectivity index is 1.91. The summed E-state index contributed by atoms with van der Waals surface area (Å²) >= 11 is 0. The fourth-order valence-corrected chi connectivity index (χ4v) is 2.52. The molecule has 1 saturated heterocycles. The van der Waals surface area contributed by atoms with Crippen molar-refractivity contribution in [2.45, 2.75) is 26.7 Å². The summed E-state index contributed by atoms with van der Waals surface area (Å²) in [6.07, 6.45) is 5.79. The maximum atomic E-state index is 5.53. The fraction of sp³-hybridized carbons (Fsp3) is 0.467. The molecule has 6 nitrogen and oxygen atoms in total. The number of piperidine rings is 1. The van der Waals surface area contributed by atoms with Crippen LogP contribution < -0.4 is 10.6 Å². The fourth-order valence-electron chi connectivity index (χ4n) is 2.52. The highest BCUT2D eigenvalue weighted by atomic mass is 15.3. The van der Waals surface area contributed by atoms with E-state index in [2.05, 4.69) is 31.8 Å². The van der Waals surface area contributed by atoms with Gasteiger partial charge in [0, 0.05) is 36.7 Å². The van der Waals surface area contributed by atoms with Crippen LogP contribution in [0.25, 0.3) is 11.3 Å². The normalized spacial score (nSPS) is 16.2. The molecule has 3 heterocycles. The van der Waals surface area contributed by atoms with Gasteiger partial charge >= 0.3 is 0 Å². The van der Waals surface area contributed by atoms with Gasteiger partial charge in [-0.2, -0.15) is 0 Å². The van der Waals surface area contributed by atoms with E-state index in [-0.39, 0.29) is 5.95 Å². The van der Waals surface area contributed by atoms with Crippen molar-refractivity contribution in [2.24, 2.45) is 5.92 Å². The van der Waals surface area contributed by atoms with Crippen LogP contribution in [-0.4, -0.2) is 33.0 Å². The van der Waals surface area contributed by atoms with Crippen LogP contribution in [0.5, 0.6) is 0 Å². The molecule has 2 aromatic heterocycles. The van der Waals surface area contributed by atoms with E-state index in [0.29, 0.717) is 0 Å². The van der Waals surface area contributed by atoms with Crippen LogP contribution in [0.4, 0.5) is 11.9 Å². The largest absolute Gasteiger partial charge is 0.368 e. The zero-order valence-electron chi connectivity index (χ0n) is 12.5. The molecule has 0 bridgehead atoms. The molecule has 0 spiro atoms. The van der Waals surface area contributed by atoms with Crippen molar-refractivity contribution >= 4 is 11.9 Å². The minimum atomic E-state index is 0.273. The summed E-state index contributed by atoms with van der Waals surface area (Å²) in [4.78, 5) is 19.6. The highest BCUT2D eigenvalue weighted by Crippen LogP contribution is 2.23. The molecule has 1 aliphatic rings. The average molecular weight is 284 g/mol. The van der Waals surface area contributed by atoms with Gasteiger partial charge in [-0.25, -0.2) is 19.9 Å². The van der Waals surface area contributed by atoms with E-state index in [1.165, 1.54) is 12.8 Å². The number of aryl methyl sites for hydroxylation is 1. The van der Waals surface area contributed by atoms with Gasteiger partial charge < -0.3 is 10.6 Å². The van der Waals surface area contributed by atoms with Gasteiger partial charge in [-0.15, -0.1) is 0 Å². The van der Waals surface area contributed by atoms with Gasteiger partial charge in [0.25, 0.3) is 0 Å². The summed E-state index contributed by atoms with van der Waals surface area (Å²) < 4.78 is 0. The lowest BCUT2D eigenvalue weighted by atomic mass is 10.00. The Bertz CT molecular complexity index is 617. The molecule has 0 radical (unpaired) electrons. The van der Waals surface area contributed by atoms with E-state index < -0.39 is 0 Å². The van der Waals surface area contributed by atoms with Gasteiger partial charge in [-0.1, -0.05) is 6.92 Å². The first-order chi connectivity index (χ1) is 10.1. The number of nitrogens with two attached hydrogens (primary N) is 1. The summed E-state index contributed by atoms with van der Waals surface area (Å²) in [7, 11) is 0. The Labute approximate surface area is 124 Å². The summed E-state index contributed by atoms with van der Waals surface area (Å²) in [6.45, 7) is 6.32. The van der Waals surface area contributed by atoms with Gasteiger partial charge in [0.05, 0.1) is 5.69 Å². The summed E-state index contributed by atoms with van der Waals surface area (Å²) in [6, 6.07) is 1.95. The summed E-state index contributed by atoms with van der Waals surface area (Å²) in [5, 5.41) is 0. The third-order valence-electron chi connectivity index (χ3n) is 3.88. The van der Waals surface area contributed by atoms with Crippen molar-refractivity contribution in [2.75, 3.05) is 23.7 Å². The minimum absolute atomic E-state index is 0.273. The minimum Gasteiger partial charge on any atom is -0.368 e. The molecular formula is C15H20N6. The van der Waals surface area contributed by atoms with Crippen LogP contribution in [0, 0.1) is 12.8 Å². The number of hydrogen-bond acceptors (Lipinski definition) is 6. The maximum absolute atomic E-state index is 5.53. The Morgan fingerprint density at radius 2 is 1.81 bits per heavy atom. The second-order valence-corrected chi connectivity index (χ2v) is 5.69. The molecule has 110 valence electrons. The third kappa shape index (κ3) is 3.09. The van der Waals surface area contributed by atoms with Crippen molar-refractivity contribution in [1.82, 2.24) is 19.9 Å². The predicted octanol–water partition coefficient (Wildman–Crippen LogP) is 2.06. The van der Waals surface area contributed by atoms with E-state index in [9.17, 15) is 0 Å². The number of aromatic nitrogens is 4. The molecule has 21 heavy (non-hydrogen) atoms. The zero-order chi connectivity index (χ0) is 14.8. The second-order valence-electron chi connectivity index (χ2n) is 5.69. The molecule has 0 aliphatic carbocycles. The molecule has 0 aromatic carbocycles. The number of anilines is 2. The van der Waals surface area contributed by atoms with E-state index in [1.54, 1.807) is 12.4 Å². The van der Waals surface area contributed by atoms with Crippen LogP contribution in [0.3, 0.4) is 0 Å². The number of nitrogen functional groups attached to an aromatic ring is 1. The first-order valence-corrected chi connectivity index (χ1v) is 7.30. The smallest absolute Gasteiger partial charge is 0.226 e. The van der Waals surface area contributed by atoms with Crippen molar-refractivity contribution < 1.29 is 0 Å². The molecule has 3 rings (SSSR count). The lowest BCUT2D eigenvalue weighted by molar-refractivity contribution is 0.434. The van der Waals surface area contributed by atoms with Crippen molar-refractivity contribution in [3.63, 3.8) is 0 Å². The molecule has 1 fully saturated rings. The molecular weight excluding hydrogens is 264 g/mol. The van der Waals surface area contributed by atoms with Crippen LogP contribution in [-0.2, 0) is 0 Å². The lowest BCUT2D eigenvalue weighted by Crippen LogP contribution is -2.34. The Kier molecular flexibility index (Phi) is 3.68. The van der Waals surface area contributed by atoms with Crippen molar-refractivity contribution in [3.05, 3.63) is 24.2 Å². The van der Waals surface area contributed by atoms with E-state index in [1.807, 2.05) is 13.0 Å². The number of hydrogen-bond donors (Lipinski definition) is 1. The van der Waals surface area contributed by atoms with E-state index in [4.69, 9.17) is 5.73 Å². The zero-order valence-corrected chi connectivity index (χ0v) is 12.5. The third-order valence-corrected chi connectivity index (χ3v) is 3.88. The van der Waals surface area contributed by atoms with Gasteiger partial charge in [-0.05, 0) is 31.7 Å².